The lowest BCUT2D eigenvalue weighted by molar-refractivity contribution is -0.139. The molecule has 0 aliphatic heterocycles. The number of carbonyl (C=O) groups excluding carboxylic acids is 2. The predicted octanol–water partition coefficient (Wildman–Crippen LogP) is 2.59. The zero-order valence-electron chi connectivity index (χ0n) is 15.5. The fourth-order valence-corrected chi connectivity index (χ4v) is 2.75. The van der Waals surface area contributed by atoms with E-state index in [1.807, 2.05) is 44.2 Å². The molecule has 142 valence electrons. The summed E-state index contributed by atoms with van der Waals surface area (Å²) in [6, 6.07) is 14.3. The maximum Gasteiger partial charge on any atom is 0.326 e. The molecule has 0 bridgehead atoms. The topological polar surface area (TPSA) is 86.7 Å². The van der Waals surface area contributed by atoms with Crippen molar-refractivity contribution in [1.29, 1.82) is 0 Å². The molecular weight excluding hydrogens is 344 g/mol. The molecule has 0 heterocycles. The molecule has 0 aromatic heterocycles. The molecule has 27 heavy (non-hydrogen) atoms. The number of carbonyl (C=O) groups is 3. The molecule has 6 heteroatoms. The summed E-state index contributed by atoms with van der Waals surface area (Å²) in [4.78, 5) is 37.9. The molecule has 0 fully saturated rings. The number of nitrogens with zero attached hydrogens (tertiary/aromatic N) is 1. The lowest BCUT2D eigenvalue weighted by atomic mass is 10.0. The van der Waals surface area contributed by atoms with Crippen molar-refractivity contribution in [3.05, 3.63) is 71.3 Å². The van der Waals surface area contributed by atoms with E-state index in [1.165, 1.54) is 12.1 Å². The van der Waals surface area contributed by atoms with Gasteiger partial charge in [0.05, 0.1) is 0 Å². The van der Waals surface area contributed by atoms with E-state index in [-0.39, 0.29) is 12.3 Å². The Hall–Kier alpha value is -3.15. The summed E-state index contributed by atoms with van der Waals surface area (Å²) in [6.07, 6.45) is 0.195. The Bertz CT molecular complexity index is 784. The summed E-state index contributed by atoms with van der Waals surface area (Å²) in [5, 5.41) is 11.9. The Kier molecular flexibility index (Phi) is 7.11. The number of rotatable bonds is 8. The summed E-state index contributed by atoms with van der Waals surface area (Å²) in [5.74, 6) is -1.68. The van der Waals surface area contributed by atoms with Crippen molar-refractivity contribution in [3.8, 4) is 0 Å². The van der Waals surface area contributed by atoms with Crippen LogP contribution >= 0.6 is 0 Å². The minimum Gasteiger partial charge on any atom is -0.480 e. The van der Waals surface area contributed by atoms with Crippen LogP contribution in [0.25, 0.3) is 0 Å². The summed E-state index contributed by atoms with van der Waals surface area (Å²) in [6.45, 7) is 5.03. The monoisotopic (exact) mass is 368 g/mol. The average molecular weight is 368 g/mol. The van der Waals surface area contributed by atoms with Crippen LogP contribution in [0.15, 0.2) is 54.6 Å². The van der Waals surface area contributed by atoms with E-state index in [4.69, 9.17) is 0 Å². The molecule has 2 aromatic carbocycles. The van der Waals surface area contributed by atoms with Gasteiger partial charge in [0, 0.05) is 30.6 Å². The van der Waals surface area contributed by atoms with Crippen LogP contribution < -0.4 is 5.32 Å². The van der Waals surface area contributed by atoms with Gasteiger partial charge in [-0.15, -0.1) is 0 Å². The quantitative estimate of drug-likeness (QED) is 0.750. The van der Waals surface area contributed by atoms with Crippen LogP contribution in [0.4, 0.5) is 0 Å². The fourth-order valence-electron chi connectivity index (χ4n) is 2.75. The van der Waals surface area contributed by atoms with Gasteiger partial charge in [-0.3, -0.25) is 9.59 Å². The standard InChI is InChI=1S/C21H24N2O4/c1-3-23(4-2)20(25)17-12-10-16(11-13-17)19(24)22-18(21(26)27)14-15-8-6-5-7-9-15/h5-13,18H,3-4,14H2,1-2H3,(H,22,24)(H,26,27). The molecule has 0 aliphatic carbocycles. The number of hydrogen-bond donors (Lipinski definition) is 2. The molecule has 2 rings (SSSR count). The van der Waals surface area contributed by atoms with E-state index in [1.54, 1.807) is 17.0 Å². The van der Waals surface area contributed by atoms with Gasteiger partial charge in [-0.25, -0.2) is 4.79 Å². The molecule has 2 N–H and O–H groups in total. The van der Waals surface area contributed by atoms with Crippen LogP contribution in [-0.2, 0) is 11.2 Å². The van der Waals surface area contributed by atoms with Gasteiger partial charge in [0.25, 0.3) is 11.8 Å². The summed E-state index contributed by atoms with van der Waals surface area (Å²) in [5.41, 5.74) is 1.63. The summed E-state index contributed by atoms with van der Waals surface area (Å²) in [7, 11) is 0. The minimum atomic E-state index is -1.10. The zero-order valence-corrected chi connectivity index (χ0v) is 15.5. The highest BCUT2D eigenvalue weighted by atomic mass is 16.4. The van der Waals surface area contributed by atoms with Gasteiger partial charge in [-0.1, -0.05) is 30.3 Å². The van der Waals surface area contributed by atoms with Crippen LogP contribution in [0.3, 0.4) is 0 Å². The Morgan fingerprint density at radius 2 is 1.48 bits per heavy atom. The van der Waals surface area contributed by atoms with Crippen LogP contribution in [-0.4, -0.2) is 46.9 Å². The van der Waals surface area contributed by atoms with Crippen molar-refractivity contribution in [2.24, 2.45) is 0 Å². The summed E-state index contributed by atoms with van der Waals surface area (Å²) < 4.78 is 0. The van der Waals surface area contributed by atoms with Crippen LogP contribution in [0.5, 0.6) is 0 Å². The summed E-state index contributed by atoms with van der Waals surface area (Å²) >= 11 is 0. The highest BCUT2D eigenvalue weighted by molar-refractivity contribution is 5.99. The number of carboxylic acids is 1. The van der Waals surface area contributed by atoms with Gasteiger partial charge < -0.3 is 15.3 Å². The molecule has 0 spiro atoms. The van der Waals surface area contributed by atoms with Crippen LogP contribution in [0, 0.1) is 0 Å². The second kappa shape index (κ2) is 9.52. The molecule has 1 atom stereocenters. The number of aliphatic carboxylic acids is 1. The highest BCUT2D eigenvalue weighted by Crippen LogP contribution is 2.09. The Morgan fingerprint density at radius 1 is 0.926 bits per heavy atom. The van der Waals surface area contributed by atoms with Crippen molar-refractivity contribution in [2.75, 3.05) is 13.1 Å². The lowest BCUT2D eigenvalue weighted by Gasteiger charge is -2.19. The number of amides is 2. The minimum absolute atomic E-state index is 0.0977. The largest absolute Gasteiger partial charge is 0.480 e. The zero-order chi connectivity index (χ0) is 19.8. The number of nitrogens with one attached hydrogen (secondary N) is 1. The second-order valence-corrected chi connectivity index (χ2v) is 6.11. The highest BCUT2D eigenvalue weighted by Gasteiger charge is 2.21. The van der Waals surface area contributed by atoms with Crippen LogP contribution in [0.1, 0.15) is 40.1 Å². The lowest BCUT2D eigenvalue weighted by Crippen LogP contribution is -2.42. The molecule has 2 aromatic rings. The van der Waals surface area contributed by atoms with Crippen LogP contribution in [0.2, 0.25) is 0 Å². The molecule has 6 nitrogen and oxygen atoms in total. The fraction of sp³-hybridized carbons (Fsp3) is 0.286. The second-order valence-electron chi connectivity index (χ2n) is 6.11. The first-order valence-corrected chi connectivity index (χ1v) is 8.93. The Labute approximate surface area is 158 Å². The molecule has 2 amide bonds. The maximum atomic E-state index is 12.4. The predicted molar refractivity (Wildman–Crippen MR) is 103 cm³/mol. The first-order chi connectivity index (χ1) is 13.0. The molecule has 0 saturated heterocycles. The van der Waals surface area contributed by atoms with Gasteiger partial charge in [0.2, 0.25) is 0 Å². The maximum absolute atomic E-state index is 12.4. The van der Waals surface area contributed by atoms with Gasteiger partial charge in [0.15, 0.2) is 0 Å². The van der Waals surface area contributed by atoms with E-state index in [0.29, 0.717) is 24.2 Å². The molecular formula is C21H24N2O4. The molecule has 0 saturated carbocycles. The first-order valence-electron chi connectivity index (χ1n) is 8.93. The Morgan fingerprint density at radius 3 is 2.00 bits per heavy atom. The van der Waals surface area contributed by atoms with Crippen molar-refractivity contribution in [1.82, 2.24) is 10.2 Å². The van der Waals surface area contributed by atoms with Crippen molar-refractivity contribution in [3.63, 3.8) is 0 Å². The normalized spacial score (nSPS) is 11.5. The molecule has 0 aliphatic rings. The van der Waals surface area contributed by atoms with Crippen molar-refractivity contribution >= 4 is 17.8 Å². The van der Waals surface area contributed by atoms with Crippen molar-refractivity contribution < 1.29 is 19.5 Å². The van der Waals surface area contributed by atoms with E-state index in [9.17, 15) is 19.5 Å². The number of hydrogen-bond acceptors (Lipinski definition) is 3. The van der Waals surface area contributed by atoms with E-state index in [0.717, 1.165) is 5.56 Å². The average Bonchev–Trinajstić information content (AvgIpc) is 2.69. The number of benzene rings is 2. The van der Waals surface area contributed by atoms with Gasteiger partial charge in [0.1, 0.15) is 6.04 Å². The Balaban J connectivity index is 2.07. The van der Waals surface area contributed by atoms with Crippen molar-refractivity contribution in [2.45, 2.75) is 26.3 Å². The third kappa shape index (κ3) is 5.41. The van der Waals surface area contributed by atoms with E-state index < -0.39 is 17.9 Å². The molecule has 1 unspecified atom stereocenters. The molecule has 0 radical (unpaired) electrons. The third-order valence-electron chi connectivity index (χ3n) is 4.33. The smallest absolute Gasteiger partial charge is 0.326 e. The van der Waals surface area contributed by atoms with E-state index >= 15 is 0 Å². The van der Waals surface area contributed by atoms with Gasteiger partial charge in [-0.05, 0) is 43.7 Å². The SMILES string of the molecule is CCN(CC)C(=O)c1ccc(C(=O)NC(Cc2ccccc2)C(=O)O)cc1. The third-order valence-corrected chi connectivity index (χ3v) is 4.33. The van der Waals surface area contributed by atoms with E-state index in [2.05, 4.69) is 5.32 Å². The first kappa shape index (κ1) is 20.2. The van der Waals surface area contributed by atoms with Gasteiger partial charge in [-0.2, -0.15) is 0 Å². The number of carboxylic acid groups (broad SMARTS) is 1. The van der Waals surface area contributed by atoms with Gasteiger partial charge >= 0.3 is 5.97 Å².